The van der Waals surface area contributed by atoms with Gasteiger partial charge in [0.2, 0.25) is 0 Å². The number of hydroxylamine groups is 2. The van der Waals surface area contributed by atoms with Gasteiger partial charge < -0.3 is 14.3 Å². The summed E-state index contributed by atoms with van der Waals surface area (Å²) in [4.78, 5) is 15.5. The van der Waals surface area contributed by atoms with Gasteiger partial charge in [-0.3, -0.25) is 4.57 Å². The third-order valence-electron chi connectivity index (χ3n) is 2.48. The molecule has 0 radical (unpaired) electrons. The fourth-order valence-electron chi connectivity index (χ4n) is 1.97. The van der Waals surface area contributed by atoms with E-state index in [2.05, 4.69) is 0 Å². The Hall–Kier alpha value is 0.0700. The molecule has 0 rings (SSSR count). The highest BCUT2D eigenvalue weighted by Gasteiger charge is 2.49. The smallest absolute Gasteiger partial charge is 0.323 e. The lowest BCUT2D eigenvalue weighted by Crippen LogP contribution is -2.52. The molecule has 0 aliphatic rings. The van der Waals surface area contributed by atoms with Crippen molar-refractivity contribution in [3.8, 4) is 0 Å². The molecule has 0 heterocycles. The molecule has 0 aliphatic heterocycles. The van der Waals surface area contributed by atoms with Gasteiger partial charge >= 0.3 is 7.60 Å². The first-order chi connectivity index (χ1) is 7.88. The maximum Gasteiger partial charge on any atom is 0.348 e. The zero-order valence-corrected chi connectivity index (χ0v) is 13.7. The largest absolute Gasteiger partial charge is 0.348 e. The number of rotatable bonds is 5. The van der Waals surface area contributed by atoms with Crippen molar-refractivity contribution in [1.29, 1.82) is 0 Å². The second-order valence-electron chi connectivity index (χ2n) is 6.40. The van der Waals surface area contributed by atoms with Gasteiger partial charge in [-0.15, -0.1) is 0 Å². The Morgan fingerprint density at radius 2 is 1.67 bits per heavy atom. The van der Waals surface area contributed by atoms with Crippen LogP contribution < -0.4 is 0 Å². The van der Waals surface area contributed by atoms with Crippen LogP contribution in [0.5, 0.6) is 0 Å². The normalized spacial score (nSPS) is 18.8. The Labute approximate surface area is 111 Å². The fourth-order valence-corrected chi connectivity index (χ4v) is 4.17. The van der Waals surface area contributed by atoms with E-state index < -0.39 is 24.3 Å². The maximum atomic E-state index is 12.4. The van der Waals surface area contributed by atoms with E-state index in [4.69, 9.17) is 9.36 Å². The van der Waals surface area contributed by atoms with E-state index >= 15 is 0 Å². The van der Waals surface area contributed by atoms with E-state index in [1.165, 1.54) is 7.11 Å². The van der Waals surface area contributed by atoms with Gasteiger partial charge in [-0.2, -0.15) is 5.06 Å². The van der Waals surface area contributed by atoms with Crippen LogP contribution >= 0.6 is 7.60 Å². The molecule has 0 aliphatic carbocycles. The molecule has 0 spiro atoms. The third-order valence-corrected chi connectivity index (χ3v) is 4.71. The zero-order chi connectivity index (χ0) is 14.8. The van der Waals surface area contributed by atoms with Gasteiger partial charge in [-0.25, -0.2) is 0 Å². The topological polar surface area (TPSA) is 59.0 Å². The summed E-state index contributed by atoms with van der Waals surface area (Å²) in [6.45, 7) is 13.4. The Kier molecular flexibility index (Phi) is 6.04. The van der Waals surface area contributed by atoms with Crippen LogP contribution in [0.4, 0.5) is 0 Å². The van der Waals surface area contributed by atoms with Crippen molar-refractivity contribution >= 4 is 7.60 Å². The van der Waals surface area contributed by atoms with Crippen molar-refractivity contribution in [2.24, 2.45) is 5.41 Å². The minimum absolute atomic E-state index is 0.196. The Balaban J connectivity index is 5.57. The van der Waals surface area contributed by atoms with E-state index in [-0.39, 0.29) is 6.61 Å². The lowest BCUT2D eigenvalue weighted by atomic mass is 9.94. The standard InChI is InChI=1S/C12H28NO4P/c1-9-17-18(14,15)10(11(2,3)4)13(16-8)12(5,6)7/h10H,9H2,1-8H3,(H,14,15). The molecule has 0 aromatic carbocycles. The second-order valence-corrected chi connectivity index (χ2v) is 8.28. The van der Waals surface area contributed by atoms with Crippen molar-refractivity contribution in [2.45, 2.75) is 59.8 Å². The van der Waals surface area contributed by atoms with Crippen LogP contribution in [0.15, 0.2) is 0 Å². The summed E-state index contributed by atoms with van der Waals surface area (Å²) in [7, 11) is -2.28. The van der Waals surface area contributed by atoms with E-state index in [9.17, 15) is 9.46 Å². The monoisotopic (exact) mass is 281 g/mol. The van der Waals surface area contributed by atoms with E-state index in [0.717, 1.165) is 0 Å². The van der Waals surface area contributed by atoms with Gasteiger partial charge in [0.05, 0.1) is 13.7 Å². The van der Waals surface area contributed by atoms with Crippen molar-refractivity contribution in [3.05, 3.63) is 0 Å². The van der Waals surface area contributed by atoms with Crippen LogP contribution in [0, 0.1) is 5.41 Å². The Bertz CT molecular complexity index is 306. The van der Waals surface area contributed by atoms with Gasteiger partial charge in [0.1, 0.15) is 5.78 Å². The van der Waals surface area contributed by atoms with Crippen molar-refractivity contribution < 1.29 is 18.8 Å². The van der Waals surface area contributed by atoms with Crippen LogP contribution in [-0.2, 0) is 13.9 Å². The first kappa shape index (κ1) is 18.1. The summed E-state index contributed by atoms with van der Waals surface area (Å²) >= 11 is 0. The Morgan fingerprint density at radius 1 is 1.22 bits per heavy atom. The number of hydrogen-bond donors (Lipinski definition) is 1. The molecule has 5 nitrogen and oxygen atoms in total. The summed E-state index contributed by atoms with van der Waals surface area (Å²) in [5.41, 5.74) is -0.856. The summed E-state index contributed by atoms with van der Waals surface area (Å²) in [5.74, 6) is -0.727. The highest BCUT2D eigenvalue weighted by atomic mass is 31.2. The summed E-state index contributed by atoms with van der Waals surface area (Å²) in [6, 6.07) is 0. The van der Waals surface area contributed by atoms with Crippen LogP contribution in [0.3, 0.4) is 0 Å². The van der Waals surface area contributed by atoms with Gasteiger partial charge in [0.25, 0.3) is 0 Å². The summed E-state index contributed by atoms with van der Waals surface area (Å²) in [6.07, 6.45) is 0. The van der Waals surface area contributed by atoms with E-state index in [1.54, 1.807) is 12.0 Å². The second kappa shape index (κ2) is 6.02. The quantitative estimate of drug-likeness (QED) is 0.619. The molecule has 0 fully saturated rings. The summed E-state index contributed by atoms with van der Waals surface area (Å²) < 4.78 is 17.5. The molecular weight excluding hydrogens is 253 g/mol. The first-order valence-electron chi connectivity index (χ1n) is 6.18. The minimum atomic E-state index is -3.79. The maximum absolute atomic E-state index is 12.4. The predicted molar refractivity (Wildman–Crippen MR) is 73.3 cm³/mol. The molecule has 1 N–H and O–H groups in total. The van der Waals surface area contributed by atoms with Crippen LogP contribution in [0.25, 0.3) is 0 Å². The van der Waals surface area contributed by atoms with E-state index in [1.807, 2.05) is 41.5 Å². The lowest BCUT2D eigenvalue weighted by molar-refractivity contribution is -0.217. The van der Waals surface area contributed by atoms with Crippen molar-refractivity contribution in [3.63, 3.8) is 0 Å². The molecule has 6 heteroatoms. The molecular formula is C12H28NO4P. The van der Waals surface area contributed by atoms with Crippen LogP contribution in [0.1, 0.15) is 48.5 Å². The van der Waals surface area contributed by atoms with Crippen molar-refractivity contribution in [2.75, 3.05) is 13.7 Å². The first-order valence-corrected chi connectivity index (χ1v) is 7.83. The van der Waals surface area contributed by atoms with Crippen LogP contribution in [0.2, 0.25) is 0 Å². The van der Waals surface area contributed by atoms with E-state index in [0.29, 0.717) is 0 Å². The highest BCUT2D eigenvalue weighted by molar-refractivity contribution is 7.53. The average Bonchev–Trinajstić information content (AvgIpc) is 2.08. The molecule has 0 saturated carbocycles. The predicted octanol–water partition coefficient (Wildman–Crippen LogP) is 3.24. The van der Waals surface area contributed by atoms with Gasteiger partial charge in [0, 0.05) is 5.54 Å². The summed E-state index contributed by atoms with van der Waals surface area (Å²) in [5, 5.41) is 1.56. The molecule has 2 unspecified atom stereocenters. The fraction of sp³-hybridized carbons (Fsp3) is 1.00. The minimum Gasteiger partial charge on any atom is -0.323 e. The van der Waals surface area contributed by atoms with Crippen LogP contribution in [-0.4, -0.2) is 35.0 Å². The molecule has 18 heavy (non-hydrogen) atoms. The van der Waals surface area contributed by atoms with Gasteiger partial charge in [-0.1, -0.05) is 20.8 Å². The Morgan fingerprint density at radius 3 is 1.89 bits per heavy atom. The zero-order valence-electron chi connectivity index (χ0n) is 12.9. The molecule has 0 bridgehead atoms. The van der Waals surface area contributed by atoms with Gasteiger partial charge in [-0.05, 0) is 33.1 Å². The highest BCUT2D eigenvalue weighted by Crippen LogP contribution is 2.56. The lowest BCUT2D eigenvalue weighted by Gasteiger charge is -2.45. The number of hydrogen-bond acceptors (Lipinski definition) is 4. The number of nitrogens with zero attached hydrogens (tertiary/aromatic N) is 1. The molecule has 110 valence electrons. The molecule has 0 saturated heterocycles. The molecule has 0 amide bonds. The average molecular weight is 281 g/mol. The van der Waals surface area contributed by atoms with Gasteiger partial charge in [0.15, 0.2) is 0 Å². The molecule has 0 aromatic rings. The molecule has 2 atom stereocenters. The third kappa shape index (κ3) is 4.63. The SMILES string of the molecule is CCOP(=O)(O)C(N(OC)C(C)(C)C)C(C)(C)C. The van der Waals surface area contributed by atoms with Crippen molar-refractivity contribution in [1.82, 2.24) is 5.06 Å². The molecule has 0 aromatic heterocycles.